The summed E-state index contributed by atoms with van der Waals surface area (Å²) in [5.41, 5.74) is 0. The molecule has 0 aliphatic heterocycles. The number of nitrogens with zero attached hydrogens (tertiary/aromatic N) is 1. The Balaban J connectivity index is 2.27. The lowest BCUT2D eigenvalue weighted by Crippen LogP contribution is -2.29. The van der Waals surface area contributed by atoms with E-state index in [2.05, 4.69) is 13.8 Å². The molecule has 1 amide bonds. The number of hydrogen-bond donors (Lipinski definition) is 0. The van der Waals surface area contributed by atoms with E-state index < -0.39 is 0 Å². The van der Waals surface area contributed by atoms with Crippen LogP contribution >= 0.6 is 0 Å². The molecule has 1 saturated carbocycles. The van der Waals surface area contributed by atoms with Gasteiger partial charge < -0.3 is 4.90 Å². The van der Waals surface area contributed by atoms with Crippen molar-refractivity contribution in [1.82, 2.24) is 4.90 Å². The van der Waals surface area contributed by atoms with Gasteiger partial charge in [0.1, 0.15) is 0 Å². The fourth-order valence-electron chi connectivity index (χ4n) is 1.16. The summed E-state index contributed by atoms with van der Waals surface area (Å²) in [4.78, 5) is 13.3. The molecule has 0 unspecified atom stereocenters. The van der Waals surface area contributed by atoms with E-state index in [9.17, 15) is 4.79 Å². The van der Waals surface area contributed by atoms with Crippen molar-refractivity contribution in [2.45, 2.75) is 39.2 Å². The summed E-state index contributed by atoms with van der Waals surface area (Å²) >= 11 is 0. The topological polar surface area (TPSA) is 20.3 Å². The third-order valence-electron chi connectivity index (χ3n) is 2.07. The predicted octanol–water partition coefficient (Wildman–Crippen LogP) is 1.65. The zero-order valence-corrected chi connectivity index (χ0v) is 7.63. The van der Waals surface area contributed by atoms with Crippen LogP contribution in [0.1, 0.15) is 33.1 Å². The maximum absolute atomic E-state index is 11.4. The lowest BCUT2D eigenvalue weighted by molar-refractivity contribution is -0.131. The van der Waals surface area contributed by atoms with Gasteiger partial charge in [0.2, 0.25) is 5.91 Å². The van der Waals surface area contributed by atoms with Crippen molar-refractivity contribution in [2.75, 3.05) is 7.05 Å². The minimum absolute atomic E-state index is 0.308. The number of amides is 1. The Labute approximate surface area is 68.6 Å². The van der Waals surface area contributed by atoms with Crippen LogP contribution in [0.15, 0.2) is 0 Å². The van der Waals surface area contributed by atoms with Crippen LogP contribution in [0, 0.1) is 5.92 Å². The molecule has 0 atom stereocenters. The SMILES string of the molecule is CC(C)CC(=O)N(C)C1CC1. The van der Waals surface area contributed by atoms with Gasteiger partial charge in [-0.2, -0.15) is 0 Å². The van der Waals surface area contributed by atoms with Crippen molar-refractivity contribution in [3.8, 4) is 0 Å². The molecule has 11 heavy (non-hydrogen) atoms. The zero-order valence-electron chi connectivity index (χ0n) is 7.63. The molecule has 1 fully saturated rings. The van der Waals surface area contributed by atoms with Crippen molar-refractivity contribution >= 4 is 5.91 Å². The monoisotopic (exact) mass is 155 g/mol. The van der Waals surface area contributed by atoms with E-state index >= 15 is 0 Å². The summed E-state index contributed by atoms with van der Waals surface area (Å²) < 4.78 is 0. The summed E-state index contributed by atoms with van der Waals surface area (Å²) in [6, 6.07) is 0.571. The van der Waals surface area contributed by atoms with E-state index in [1.807, 2.05) is 11.9 Å². The van der Waals surface area contributed by atoms with Crippen molar-refractivity contribution < 1.29 is 4.79 Å². The standard InChI is InChI=1S/C9H17NO/c1-7(2)6-9(11)10(3)8-4-5-8/h7-8H,4-6H2,1-3H3. The Morgan fingerprint density at radius 3 is 2.45 bits per heavy atom. The summed E-state index contributed by atoms with van der Waals surface area (Å²) in [7, 11) is 1.92. The fourth-order valence-corrected chi connectivity index (χ4v) is 1.16. The molecule has 1 aliphatic carbocycles. The second kappa shape index (κ2) is 3.24. The maximum Gasteiger partial charge on any atom is 0.222 e. The average Bonchev–Trinajstić information content (AvgIpc) is 2.65. The van der Waals surface area contributed by atoms with Gasteiger partial charge in [0.15, 0.2) is 0 Å². The molecule has 64 valence electrons. The molecule has 0 spiro atoms. The van der Waals surface area contributed by atoms with Crippen molar-refractivity contribution in [2.24, 2.45) is 5.92 Å². The molecular weight excluding hydrogens is 138 g/mol. The lowest BCUT2D eigenvalue weighted by Gasteiger charge is -2.17. The van der Waals surface area contributed by atoms with Crippen LogP contribution in [0.25, 0.3) is 0 Å². The van der Waals surface area contributed by atoms with E-state index in [-0.39, 0.29) is 0 Å². The van der Waals surface area contributed by atoms with Gasteiger partial charge in [-0.3, -0.25) is 4.79 Å². The van der Waals surface area contributed by atoms with Crippen LogP contribution in [0.4, 0.5) is 0 Å². The second-order valence-corrected chi connectivity index (χ2v) is 3.83. The van der Waals surface area contributed by atoms with Gasteiger partial charge in [0, 0.05) is 19.5 Å². The number of carbonyl (C=O) groups excluding carboxylic acids is 1. The van der Waals surface area contributed by atoms with Crippen LogP contribution in [0.3, 0.4) is 0 Å². The van der Waals surface area contributed by atoms with E-state index in [1.54, 1.807) is 0 Å². The molecular formula is C9H17NO. The summed E-state index contributed by atoms with van der Waals surface area (Å²) in [6.45, 7) is 4.16. The highest BCUT2D eigenvalue weighted by atomic mass is 16.2. The molecule has 0 heterocycles. The van der Waals surface area contributed by atoms with Gasteiger partial charge in [-0.15, -0.1) is 0 Å². The predicted molar refractivity (Wildman–Crippen MR) is 45.2 cm³/mol. The molecule has 0 bridgehead atoms. The molecule has 0 N–H and O–H groups in total. The Morgan fingerprint density at radius 2 is 2.09 bits per heavy atom. The van der Waals surface area contributed by atoms with Crippen LogP contribution in [-0.2, 0) is 4.79 Å². The van der Waals surface area contributed by atoms with Crippen LogP contribution in [0.2, 0.25) is 0 Å². The lowest BCUT2D eigenvalue weighted by atomic mass is 10.1. The molecule has 1 rings (SSSR count). The quantitative estimate of drug-likeness (QED) is 0.607. The van der Waals surface area contributed by atoms with E-state index in [4.69, 9.17) is 0 Å². The molecule has 1 aliphatic rings. The van der Waals surface area contributed by atoms with Crippen molar-refractivity contribution in [1.29, 1.82) is 0 Å². The number of rotatable bonds is 3. The molecule has 0 aromatic carbocycles. The van der Waals surface area contributed by atoms with Crippen LogP contribution in [-0.4, -0.2) is 23.9 Å². The Kier molecular flexibility index (Phi) is 2.53. The summed E-state index contributed by atoms with van der Waals surface area (Å²) in [5.74, 6) is 0.797. The minimum atomic E-state index is 0.308. The van der Waals surface area contributed by atoms with Gasteiger partial charge >= 0.3 is 0 Å². The number of hydrogen-bond acceptors (Lipinski definition) is 1. The third-order valence-corrected chi connectivity index (χ3v) is 2.07. The van der Waals surface area contributed by atoms with E-state index in [0.717, 1.165) is 0 Å². The van der Waals surface area contributed by atoms with Gasteiger partial charge in [-0.05, 0) is 18.8 Å². The van der Waals surface area contributed by atoms with Gasteiger partial charge in [0.25, 0.3) is 0 Å². The normalized spacial score (nSPS) is 17.1. The zero-order chi connectivity index (χ0) is 8.43. The smallest absolute Gasteiger partial charge is 0.222 e. The summed E-state index contributed by atoms with van der Waals surface area (Å²) in [5, 5.41) is 0. The van der Waals surface area contributed by atoms with Crippen molar-refractivity contribution in [3.63, 3.8) is 0 Å². The Morgan fingerprint density at radius 1 is 1.55 bits per heavy atom. The van der Waals surface area contributed by atoms with E-state index in [0.29, 0.717) is 24.3 Å². The van der Waals surface area contributed by atoms with E-state index in [1.165, 1.54) is 12.8 Å². The first-order chi connectivity index (χ1) is 5.11. The molecule has 0 aromatic heterocycles. The van der Waals surface area contributed by atoms with Gasteiger partial charge in [-0.1, -0.05) is 13.8 Å². The van der Waals surface area contributed by atoms with Crippen LogP contribution in [0.5, 0.6) is 0 Å². The highest BCUT2D eigenvalue weighted by molar-refractivity contribution is 5.76. The number of carbonyl (C=O) groups is 1. The summed E-state index contributed by atoms with van der Waals surface area (Å²) in [6.07, 6.45) is 3.12. The Hall–Kier alpha value is -0.530. The molecule has 0 saturated heterocycles. The largest absolute Gasteiger partial charge is 0.343 e. The molecule has 0 aromatic rings. The first-order valence-electron chi connectivity index (χ1n) is 4.37. The average molecular weight is 155 g/mol. The molecule has 2 heteroatoms. The van der Waals surface area contributed by atoms with Crippen LogP contribution < -0.4 is 0 Å². The third kappa shape index (κ3) is 2.52. The highest BCUT2D eigenvalue weighted by Gasteiger charge is 2.29. The van der Waals surface area contributed by atoms with Gasteiger partial charge in [0.05, 0.1) is 0 Å². The van der Waals surface area contributed by atoms with Crippen molar-refractivity contribution in [3.05, 3.63) is 0 Å². The van der Waals surface area contributed by atoms with Gasteiger partial charge in [-0.25, -0.2) is 0 Å². The second-order valence-electron chi connectivity index (χ2n) is 3.83. The Bertz CT molecular complexity index is 150. The molecule has 2 nitrogen and oxygen atoms in total. The first kappa shape index (κ1) is 8.57. The first-order valence-corrected chi connectivity index (χ1v) is 4.37. The minimum Gasteiger partial charge on any atom is -0.343 e. The fraction of sp³-hybridized carbons (Fsp3) is 0.889. The highest BCUT2D eigenvalue weighted by Crippen LogP contribution is 2.26. The maximum atomic E-state index is 11.4. The molecule has 0 radical (unpaired) electrons.